The number of rotatable bonds is 7. The minimum atomic E-state index is -0.0765. The van der Waals surface area contributed by atoms with Gasteiger partial charge in [-0.15, -0.1) is 11.3 Å². The Hall–Kier alpha value is -2.35. The molecule has 0 aliphatic heterocycles. The number of carbonyl (C=O) groups excluding carboxylic acids is 1. The first kappa shape index (κ1) is 19.0. The van der Waals surface area contributed by atoms with Crippen LogP contribution in [-0.4, -0.2) is 47.0 Å². The van der Waals surface area contributed by atoms with Gasteiger partial charge in [0.25, 0.3) is 5.91 Å². The standard InChI is InChI=1S/C21H22N4OS2/c1-3-24(4-2)13-14-25(21-23-16-10-6-8-12-18(16)28-21)20(26)19-22-15-9-5-7-11-17(15)27-19/h5-12H,3-4,13-14H2,1-2H3. The number of carbonyl (C=O) groups is 1. The quantitative estimate of drug-likeness (QED) is 0.435. The third-order valence-electron chi connectivity index (χ3n) is 4.77. The molecule has 0 N–H and O–H groups in total. The number of nitrogens with zero attached hydrogens (tertiary/aromatic N) is 4. The molecule has 0 saturated carbocycles. The molecule has 0 saturated heterocycles. The average Bonchev–Trinajstić information content (AvgIpc) is 3.34. The maximum Gasteiger partial charge on any atom is 0.289 e. The Morgan fingerprint density at radius 2 is 1.46 bits per heavy atom. The van der Waals surface area contributed by atoms with Crippen LogP contribution in [0, 0.1) is 0 Å². The topological polar surface area (TPSA) is 49.3 Å². The summed E-state index contributed by atoms with van der Waals surface area (Å²) in [5.74, 6) is -0.0765. The molecule has 7 heteroatoms. The first-order chi connectivity index (χ1) is 13.7. The molecule has 5 nitrogen and oxygen atoms in total. The molecule has 0 aliphatic carbocycles. The summed E-state index contributed by atoms with van der Waals surface area (Å²) in [6.07, 6.45) is 0. The summed E-state index contributed by atoms with van der Waals surface area (Å²) in [5, 5.41) is 1.25. The number of benzene rings is 2. The molecule has 2 aromatic heterocycles. The Morgan fingerprint density at radius 3 is 2.07 bits per heavy atom. The van der Waals surface area contributed by atoms with E-state index in [0.717, 1.165) is 45.2 Å². The highest BCUT2D eigenvalue weighted by atomic mass is 32.1. The SMILES string of the molecule is CCN(CC)CCN(C(=O)c1nc2ccccc2s1)c1nc2ccccc2s1. The number of amides is 1. The lowest BCUT2D eigenvalue weighted by molar-refractivity contribution is 0.0983. The zero-order valence-corrected chi connectivity index (χ0v) is 17.6. The summed E-state index contributed by atoms with van der Waals surface area (Å²) < 4.78 is 2.11. The van der Waals surface area contributed by atoms with Crippen LogP contribution in [0.1, 0.15) is 23.6 Å². The second-order valence-corrected chi connectivity index (χ2v) is 8.47. The van der Waals surface area contributed by atoms with Crippen molar-refractivity contribution in [2.45, 2.75) is 13.8 Å². The van der Waals surface area contributed by atoms with Crippen molar-refractivity contribution in [2.24, 2.45) is 0 Å². The van der Waals surface area contributed by atoms with E-state index in [-0.39, 0.29) is 5.91 Å². The maximum absolute atomic E-state index is 13.4. The molecule has 0 unspecified atom stereocenters. The lowest BCUT2D eigenvalue weighted by atomic mass is 10.3. The fourth-order valence-corrected chi connectivity index (χ4v) is 5.02. The van der Waals surface area contributed by atoms with Gasteiger partial charge in [-0.1, -0.05) is 49.4 Å². The highest BCUT2D eigenvalue weighted by molar-refractivity contribution is 7.22. The summed E-state index contributed by atoms with van der Waals surface area (Å²) in [7, 11) is 0. The number of para-hydroxylation sites is 2. The van der Waals surface area contributed by atoms with Crippen LogP contribution in [0.25, 0.3) is 20.4 Å². The third-order valence-corrected chi connectivity index (χ3v) is 6.85. The van der Waals surface area contributed by atoms with Crippen molar-refractivity contribution < 1.29 is 4.79 Å². The zero-order valence-electron chi connectivity index (χ0n) is 16.0. The number of likely N-dealkylation sites (N-methyl/N-ethyl adjacent to an activating group) is 1. The molecule has 0 spiro atoms. The van der Waals surface area contributed by atoms with E-state index in [0.29, 0.717) is 11.6 Å². The molecule has 2 aromatic carbocycles. The highest BCUT2D eigenvalue weighted by Crippen LogP contribution is 2.31. The van der Waals surface area contributed by atoms with Gasteiger partial charge in [0.2, 0.25) is 0 Å². The number of hydrogen-bond acceptors (Lipinski definition) is 6. The molecule has 0 atom stereocenters. The summed E-state index contributed by atoms with van der Waals surface area (Å²) in [4.78, 5) is 26.8. The largest absolute Gasteiger partial charge is 0.302 e. The molecule has 0 bridgehead atoms. The molecule has 4 rings (SSSR count). The third kappa shape index (κ3) is 3.78. The van der Waals surface area contributed by atoms with E-state index in [2.05, 4.69) is 23.7 Å². The van der Waals surface area contributed by atoms with Crippen molar-refractivity contribution in [3.63, 3.8) is 0 Å². The van der Waals surface area contributed by atoms with E-state index in [1.54, 1.807) is 16.2 Å². The molecular formula is C21H22N4OS2. The van der Waals surface area contributed by atoms with E-state index in [4.69, 9.17) is 4.98 Å². The molecule has 0 fully saturated rings. The van der Waals surface area contributed by atoms with Crippen molar-refractivity contribution in [3.05, 3.63) is 53.5 Å². The van der Waals surface area contributed by atoms with E-state index in [1.165, 1.54) is 11.3 Å². The molecular weight excluding hydrogens is 388 g/mol. The normalized spacial score (nSPS) is 11.5. The zero-order chi connectivity index (χ0) is 19.5. The minimum Gasteiger partial charge on any atom is -0.302 e. The highest BCUT2D eigenvalue weighted by Gasteiger charge is 2.24. The van der Waals surface area contributed by atoms with Crippen LogP contribution in [0.5, 0.6) is 0 Å². The van der Waals surface area contributed by atoms with Crippen molar-refractivity contribution in [1.82, 2.24) is 14.9 Å². The Labute approximate surface area is 172 Å². The predicted octanol–water partition coefficient (Wildman–Crippen LogP) is 4.89. The molecule has 144 valence electrons. The van der Waals surface area contributed by atoms with Crippen LogP contribution in [0.3, 0.4) is 0 Å². The van der Waals surface area contributed by atoms with E-state index < -0.39 is 0 Å². The van der Waals surface area contributed by atoms with Gasteiger partial charge in [-0.25, -0.2) is 9.97 Å². The maximum atomic E-state index is 13.4. The van der Waals surface area contributed by atoms with Gasteiger partial charge in [-0.3, -0.25) is 9.69 Å². The molecule has 0 radical (unpaired) electrons. The molecule has 0 aliphatic rings. The van der Waals surface area contributed by atoms with Gasteiger partial charge in [0, 0.05) is 13.1 Å². The summed E-state index contributed by atoms with van der Waals surface area (Å²) in [5.41, 5.74) is 1.79. The second-order valence-electron chi connectivity index (χ2n) is 6.43. The van der Waals surface area contributed by atoms with Gasteiger partial charge in [-0.05, 0) is 37.4 Å². The summed E-state index contributed by atoms with van der Waals surface area (Å²) in [6.45, 7) is 7.59. The van der Waals surface area contributed by atoms with Crippen molar-refractivity contribution in [3.8, 4) is 0 Å². The summed E-state index contributed by atoms with van der Waals surface area (Å²) in [6, 6.07) is 15.9. The van der Waals surface area contributed by atoms with E-state index >= 15 is 0 Å². The van der Waals surface area contributed by atoms with Crippen LogP contribution in [0.4, 0.5) is 5.13 Å². The van der Waals surface area contributed by atoms with Crippen molar-refractivity contribution in [2.75, 3.05) is 31.1 Å². The number of hydrogen-bond donors (Lipinski definition) is 0. The molecule has 28 heavy (non-hydrogen) atoms. The Morgan fingerprint density at radius 1 is 0.857 bits per heavy atom. The first-order valence-electron chi connectivity index (χ1n) is 9.45. The van der Waals surface area contributed by atoms with E-state index in [9.17, 15) is 4.79 Å². The Kier molecular flexibility index (Phi) is 5.66. The number of aromatic nitrogens is 2. The summed E-state index contributed by atoms with van der Waals surface area (Å²) >= 11 is 3.00. The van der Waals surface area contributed by atoms with Gasteiger partial charge in [-0.2, -0.15) is 0 Å². The molecule has 2 heterocycles. The van der Waals surface area contributed by atoms with Crippen LogP contribution in [-0.2, 0) is 0 Å². The van der Waals surface area contributed by atoms with Gasteiger partial charge in [0.1, 0.15) is 0 Å². The van der Waals surface area contributed by atoms with Crippen LogP contribution < -0.4 is 4.90 Å². The van der Waals surface area contributed by atoms with E-state index in [1.807, 2.05) is 48.5 Å². The minimum absolute atomic E-state index is 0.0765. The lowest BCUT2D eigenvalue weighted by Gasteiger charge is -2.24. The van der Waals surface area contributed by atoms with Gasteiger partial charge in [0.15, 0.2) is 10.1 Å². The fraction of sp³-hybridized carbons (Fsp3) is 0.286. The van der Waals surface area contributed by atoms with Gasteiger partial charge < -0.3 is 4.90 Å². The fourth-order valence-electron chi connectivity index (χ4n) is 3.12. The van der Waals surface area contributed by atoms with Crippen molar-refractivity contribution in [1.29, 1.82) is 0 Å². The number of fused-ring (bicyclic) bond motifs is 2. The predicted molar refractivity (Wildman–Crippen MR) is 119 cm³/mol. The van der Waals surface area contributed by atoms with Crippen LogP contribution >= 0.6 is 22.7 Å². The van der Waals surface area contributed by atoms with Crippen LogP contribution in [0.2, 0.25) is 0 Å². The number of anilines is 1. The lowest BCUT2D eigenvalue weighted by Crippen LogP contribution is -2.38. The molecule has 4 aromatic rings. The second kappa shape index (κ2) is 8.34. The monoisotopic (exact) mass is 410 g/mol. The van der Waals surface area contributed by atoms with Crippen LogP contribution in [0.15, 0.2) is 48.5 Å². The Bertz CT molecular complexity index is 1030. The van der Waals surface area contributed by atoms with Gasteiger partial charge >= 0.3 is 0 Å². The first-order valence-corrected chi connectivity index (χ1v) is 11.1. The van der Waals surface area contributed by atoms with Gasteiger partial charge in [0.05, 0.1) is 20.4 Å². The average molecular weight is 411 g/mol. The Balaban J connectivity index is 1.69. The number of thiazole rings is 2. The van der Waals surface area contributed by atoms with Crippen molar-refractivity contribution >= 4 is 54.1 Å². The smallest absolute Gasteiger partial charge is 0.289 e. The molecule has 1 amide bonds.